The standard InChI is InChI=1S/C11H12BrNO/c1-6-7(2)11(14-4)9(5-13)8(3)10(6)12/h1-4H3. The predicted molar refractivity (Wildman–Crippen MR) is 59.6 cm³/mol. The molecule has 0 spiro atoms. The molecule has 3 heteroatoms. The monoisotopic (exact) mass is 253 g/mol. The summed E-state index contributed by atoms with van der Waals surface area (Å²) in [7, 11) is 1.59. The third kappa shape index (κ3) is 1.51. The Bertz CT molecular complexity index is 419. The largest absolute Gasteiger partial charge is 0.495 e. The first-order valence-corrected chi connectivity index (χ1v) is 5.07. The number of nitriles is 1. The smallest absolute Gasteiger partial charge is 0.140 e. The summed E-state index contributed by atoms with van der Waals surface area (Å²) in [6.45, 7) is 5.88. The molecular weight excluding hydrogens is 242 g/mol. The van der Waals surface area contributed by atoms with Crippen LogP contribution in [0.25, 0.3) is 0 Å². The number of nitrogens with zero attached hydrogens (tertiary/aromatic N) is 1. The Labute approximate surface area is 92.6 Å². The van der Waals surface area contributed by atoms with E-state index in [9.17, 15) is 0 Å². The molecule has 0 aromatic heterocycles. The SMILES string of the molecule is COc1c(C)c(C)c(Br)c(C)c1C#N. The van der Waals surface area contributed by atoms with E-state index in [0.29, 0.717) is 11.3 Å². The number of benzene rings is 1. The van der Waals surface area contributed by atoms with E-state index in [1.807, 2.05) is 20.8 Å². The van der Waals surface area contributed by atoms with Crippen molar-refractivity contribution in [1.82, 2.24) is 0 Å². The van der Waals surface area contributed by atoms with Crippen LogP contribution in [0, 0.1) is 32.1 Å². The second-order valence-corrected chi connectivity index (χ2v) is 4.00. The Balaban J connectivity index is 3.68. The molecule has 0 amide bonds. The van der Waals surface area contributed by atoms with Gasteiger partial charge in [-0.1, -0.05) is 15.9 Å². The first-order valence-electron chi connectivity index (χ1n) is 4.27. The van der Waals surface area contributed by atoms with Gasteiger partial charge in [-0.05, 0) is 37.5 Å². The fraction of sp³-hybridized carbons (Fsp3) is 0.364. The third-order valence-corrected chi connectivity index (χ3v) is 3.67. The third-order valence-electron chi connectivity index (χ3n) is 2.48. The molecule has 0 bridgehead atoms. The summed E-state index contributed by atoms with van der Waals surface area (Å²) in [6.07, 6.45) is 0. The minimum absolute atomic E-state index is 0.613. The maximum absolute atomic E-state index is 9.02. The molecule has 1 aromatic rings. The highest BCUT2D eigenvalue weighted by Crippen LogP contribution is 2.35. The Morgan fingerprint density at radius 1 is 1.14 bits per heavy atom. The normalized spacial score (nSPS) is 9.71. The van der Waals surface area contributed by atoms with Crippen molar-refractivity contribution >= 4 is 15.9 Å². The van der Waals surface area contributed by atoms with E-state index in [-0.39, 0.29) is 0 Å². The molecule has 1 aromatic carbocycles. The van der Waals surface area contributed by atoms with E-state index in [1.165, 1.54) is 0 Å². The first kappa shape index (κ1) is 11.1. The molecule has 0 saturated heterocycles. The van der Waals surface area contributed by atoms with Crippen LogP contribution in [0.5, 0.6) is 5.75 Å². The highest BCUT2D eigenvalue weighted by molar-refractivity contribution is 9.10. The molecule has 0 aliphatic heterocycles. The van der Waals surface area contributed by atoms with Crippen molar-refractivity contribution in [1.29, 1.82) is 5.26 Å². The van der Waals surface area contributed by atoms with Gasteiger partial charge >= 0.3 is 0 Å². The van der Waals surface area contributed by atoms with E-state index in [0.717, 1.165) is 21.2 Å². The van der Waals surface area contributed by atoms with Gasteiger partial charge in [-0.25, -0.2) is 0 Å². The topological polar surface area (TPSA) is 33.0 Å². The second kappa shape index (κ2) is 4.02. The van der Waals surface area contributed by atoms with Gasteiger partial charge in [-0.15, -0.1) is 0 Å². The van der Waals surface area contributed by atoms with Gasteiger partial charge < -0.3 is 4.74 Å². The molecule has 74 valence electrons. The summed E-state index contributed by atoms with van der Waals surface area (Å²) in [5.74, 6) is 0.686. The molecule has 0 aliphatic carbocycles. The quantitative estimate of drug-likeness (QED) is 0.770. The number of methoxy groups -OCH3 is 1. The lowest BCUT2D eigenvalue weighted by Crippen LogP contribution is -1.98. The molecule has 0 heterocycles. The summed E-state index contributed by atoms with van der Waals surface area (Å²) in [4.78, 5) is 0. The van der Waals surface area contributed by atoms with Crippen LogP contribution in [-0.4, -0.2) is 7.11 Å². The molecule has 2 nitrogen and oxygen atoms in total. The van der Waals surface area contributed by atoms with Gasteiger partial charge in [0.25, 0.3) is 0 Å². The molecule has 1 rings (SSSR count). The van der Waals surface area contributed by atoms with Crippen molar-refractivity contribution in [2.75, 3.05) is 7.11 Å². The molecule has 0 fully saturated rings. The van der Waals surface area contributed by atoms with E-state index < -0.39 is 0 Å². The lowest BCUT2D eigenvalue weighted by atomic mass is 10.00. The molecule has 0 unspecified atom stereocenters. The van der Waals surface area contributed by atoms with Crippen molar-refractivity contribution in [3.63, 3.8) is 0 Å². The zero-order valence-electron chi connectivity index (χ0n) is 8.73. The zero-order valence-corrected chi connectivity index (χ0v) is 10.3. The van der Waals surface area contributed by atoms with Crippen LogP contribution in [0.2, 0.25) is 0 Å². The van der Waals surface area contributed by atoms with Crippen molar-refractivity contribution in [2.24, 2.45) is 0 Å². The second-order valence-electron chi connectivity index (χ2n) is 3.21. The lowest BCUT2D eigenvalue weighted by molar-refractivity contribution is 0.409. The molecule has 14 heavy (non-hydrogen) atoms. The summed E-state index contributed by atoms with van der Waals surface area (Å²) in [6, 6.07) is 2.17. The number of rotatable bonds is 1. The van der Waals surface area contributed by atoms with Gasteiger partial charge in [-0.2, -0.15) is 5.26 Å². The lowest BCUT2D eigenvalue weighted by Gasteiger charge is -2.14. The number of halogens is 1. The van der Waals surface area contributed by atoms with Crippen LogP contribution in [0.3, 0.4) is 0 Å². The van der Waals surface area contributed by atoms with Gasteiger partial charge in [0.05, 0.1) is 12.7 Å². The van der Waals surface area contributed by atoms with Crippen LogP contribution < -0.4 is 4.74 Å². The van der Waals surface area contributed by atoms with Crippen molar-refractivity contribution in [3.8, 4) is 11.8 Å². The van der Waals surface area contributed by atoms with Crippen LogP contribution in [-0.2, 0) is 0 Å². The molecular formula is C11H12BrNO. The highest BCUT2D eigenvalue weighted by Gasteiger charge is 2.15. The van der Waals surface area contributed by atoms with E-state index in [4.69, 9.17) is 10.00 Å². The molecule has 0 radical (unpaired) electrons. The molecule has 0 saturated carbocycles. The van der Waals surface area contributed by atoms with Crippen molar-refractivity contribution in [3.05, 3.63) is 26.7 Å². The summed E-state index contributed by atoms with van der Waals surface area (Å²) in [5.41, 5.74) is 3.69. The number of hydrogen-bond donors (Lipinski definition) is 0. The summed E-state index contributed by atoms with van der Waals surface area (Å²) >= 11 is 3.48. The Kier molecular flexibility index (Phi) is 3.17. The van der Waals surface area contributed by atoms with Gasteiger partial charge in [0, 0.05) is 4.47 Å². The minimum atomic E-state index is 0.613. The maximum Gasteiger partial charge on any atom is 0.140 e. The highest BCUT2D eigenvalue weighted by atomic mass is 79.9. The fourth-order valence-corrected chi connectivity index (χ4v) is 1.97. The Morgan fingerprint density at radius 2 is 1.71 bits per heavy atom. The van der Waals surface area contributed by atoms with Crippen LogP contribution in [0.1, 0.15) is 22.3 Å². The first-order chi connectivity index (χ1) is 6.54. The zero-order chi connectivity index (χ0) is 10.9. The van der Waals surface area contributed by atoms with E-state index in [1.54, 1.807) is 7.11 Å². The predicted octanol–water partition coefficient (Wildman–Crippen LogP) is 3.25. The molecule has 0 atom stereocenters. The number of hydrogen-bond acceptors (Lipinski definition) is 2. The fourth-order valence-electron chi connectivity index (χ4n) is 1.47. The van der Waals surface area contributed by atoms with E-state index >= 15 is 0 Å². The van der Waals surface area contributed by atoms with Crippen molar-refractivity contribution in [2.45, 2.75) is 20.8 Å². The van der Waals surface area contributed by atoms with E-state index in [2.05, 4.69) is 22.0 Å². The average Bonchev–Trinajstić information content (AvgIpc) is 2.20. The van der Waals surface area contributed by atoms with Gasteiger partial charge in [-0.3, -0.25) is 0 Å². The van der Waals surface area contributed by atoms with Gasteiger partial charge in [0.1, 0.15) is 11.8 Å². The van der Waals surface area contributed by atoms with Crippen LogP contribution >= 0.6 is 15.9 Å². The van der Waals surface area contributed by atoms with Gasteiger partial charge in [0.2, 0.25) is 0 Å². The maximum atomic E-state index is 9.02. The van der Waals surface area contributed by atoms with Crippen LogP contribution in [0.4, 0.5) is 0 Å². The van der Waals surface area contributed by atoms with Gasteiger partial charge in [0.15, 0.2) is 0 Å². The molecule has 0 N–H and O–H groups in total. The average molecular weight is 254 g/mol. The number of ether oxygens (including phenoxy) is 1. The van der Waals surface area contributed by atoms with Crippen molar-refractivity contribution < 1.29 is 4.74 Å². The Morgan fingerprint density at radius 3 is 2.14 bits per heavy atom. The summed E-state index contributed by atoms with van der Waals surface area (Å²) < 4.78 is 6.23. The summed E-state index contributed by atoms with van der Waals surface area (Å²) in [5, 5.41) is 9.02. The molecule has 0 aliphatic rings. The minimum Gasteiger partial charge on any atom is -0.495 e. The van der Waals surface area contributed by atoms with Crippen LogP contribution in [0.15, 0.2) is 4.47 Å². The Hall–Kier alpha value is -1.01.